The van der Waals surface area contributed by atoms with E-state index in [1.165, 1.54) is 40.2 Å². The van der Waals surface area contributed by atoms with Crippen molar-refractivity contribution >= 4 is 59.2 Å². The highest BCUT2D eigenvalue weighted by atomic mass is 16.4. The van der Waals surface area contributed by atoms with Gasteiger partial charge in [0.2, 0.25) is 47.3 Å². The van der Waals surface area contributed by atoms with Crippen molar-refractivity contribution in [1.29, 1.82) is 0 Å². The molecule has 0 bridgehead atoms. The lowest BCUT2D eigenvalue weighted by atomic mass is 10.00. The fourth-order valence-electron chi connectivity index (χ4n) is 7.15. The lowest BCUT2D eigenvalue weighted by molar-refractivity contribution is -0.144. The largest absolute Gasteiger partial charge is 0.481 e. The highest BCUT2D eigenvalue weighted by Gasteiger charge is 2.37. The number of carbonyl (C=O) groups is 10. The van der Waals surface area contributed by atoms with Crippen molar-refractivity contribution in [2.24, 2.45) is 23.5 Å². The minimum Gasteiger partial charge on any atom is -0.481 e. The zero-order valence-electron chi connectivity index (χ0n) is 42.1. The molecule has 0 spiro atoms. The van der Waals surface area contributed by atoms with Crippen molar-refractivity contribution in [2.75, 3.05) is 0 Å². The summed E-state index contributed by atoms with van der Waals surface area (Å²) >= 11 is 0. The summed E-state index contributed by atoms with van der Waals surface area (Å²) in [5, 5.41) is 59.8. The number of amides is 8. The van der Waals surface area contributed by atoms with Crippen LogP contribution in [-0.2, 0) is 60.8 Å². The van der Waals surface area contributed by atoms with Crippen molar-refractivity contribution in [3.05, 3.63) is 54.1 Å². The van der Waals surface area contributed by atoms with Crippen LogP contribution >= 0.6 is 0 Å². The van der Waals surface area contributed by atoms with Crippen LogP contribution in [0.25, 0.3) is 0 Å². The Kier molecular flexibility index (Phi) is 24.9. The van der Waals surface area contributed by atoms with Crippen LogP contribution in [0.2, 0.25) is 0 Å². The Balaban J connectivity index is 2.41. The van der Waals surface area contributed by atoms with Gasteiger partial charge in [0.1, 0.15) is 48.3 Å². The number of nitrogens with zero attached hydrogens (tertiary/aromatic N) is 1. The zero-order chi connectivity index (χ0) is 54.6. The van der Waals surface area contributed by atoms with Crippen molar-refractivity contribution in [1.82, 2.24) is 52.5 Å². The first kappa shape index (κ1) is 61.1. The number of aliphatic hydroxyl groups is 2. The minimum absolute atomic E-state index is 0.0832. The fraction of sp³-hybridized carbons (Fsp3) is 0.596. The number of hydrogen-bond acceptors (Lipinski definition) is 14. The van der Waals surface area contributed by atoms with Gasteiger partial charge in [-0.05, 0) is 56.9 Å². The Bertz CT molecular complexity index is 2150. The van der Waals surface area contributed by atoms with E-state index in [1.807, 2.05) is 27.7 Å². The first-order valence-electron chi connectivity index (χ1n) is 23.6. The SMILES string of the molecule is CC(C)C[C@H](NC(=O)[C@@H](N)CC(C)C)C(=O)N[C@@H](Cc1cnc[nH]1)C(=O)N[C@H](C(=O)N[C@@H](Cc1ccccc1)C(=O)N[C@H](C(=O)N[C@@H](CC(=O)O)C(=O)N[C@@H](C)C(=O)N[C@H](C(=O)O)C(C)C)[C@@H](C)O)[C@@H](C)O. The molecule has 400 valence electrons. The van der Waals surface area contributed by atoms with Gasteiger partial charge in [0, 0.05) is 24.7 Å². The summed E-state index contributed by atoms with van der Waals surface area (Å²) in [6.45, 7) is 14.0. The number of carboxylic acid groups (broad SMARTS) is 2. The second kappa shape index (κ2) is 29.4. The monoisotopic (exact) mass is 1020 g/mol. The molecule has 0 aliphatic rings. The van der Waals surface area contributed by atoms with E-state index < -0.39 is 138 Å². The maximum atomic E-state index is 14.1. The van der Waals surface area contributed by atoms with Crippen molar-refractivity contribution in [2.45, 2.75) is 161 Å². The van der Waals surface area contributed by atoms with E-state index in [-0.39, 0.29) is 31.1 Å². The third kappa shape index (κ3) is 20.8. The molecule has 25 nitrogen and oxygen atoms in total. The van der Waals surface area contributed by atoms with Crippen molar-refractivity contribution in [3.63, 3.8) is 0 Å². The standard InChI is InChI=1S/C47H73N11O14/c1-22(2)15-30(48)40(64)52-31(16-23(3)4)42(66)53-33(18-29-20-49-21-50-29)44(68)58-37(26(8)59)45(69)54-32(17-28-13-11-10-12-14-28)43(67)57-38(27(9)60)46(70)55-34(19-35(61)62)41(65)51-25(7)39(63)56-36(24(5)6)47(71)72/h10-14,20-27,30-34,36-38,59-60H,15-19,48H2,1-9H3,(H,49,50)(H,51,65)(H,52,64)(H,53,66)(H,54,69)(H,55,70)(H,56,63)(H,57,67)(H,58,68)(H,61,62)(H,71,72)/t25-,26+,27+,30-,31-,32-,33-,34-,36-,37-,38-/m0/s1. The van der Waals surface area contributed by atoms with Gasteiger partial charge in [0.25, 0.3) is 0 Å². The van der Waals surface area contributed by atoms with Gasteiger partial charge in [-0.3, -0.25) is 43.2 Å². The number of H-pyrrole nitrogens is 1. The van der Waals surface area contributed by atoms with Crippen molar-refractivity contribution < 1.29 is 68.4 Å². The highest BCUT2D eigenvalue weighted by Crippen LogP contribution is 2.12. The first-order chi connectivity index (χ1) is 33.6. The topological polar surface area (TPSA) is 403 Å². The lowest BCUT2D eigenvalue weighted by Crippen LogP contribution is -2.63. The predicted molar refractivity (Wildman–Crippen MR) is 259 cm³/mol. The zero-order valence-corrected chi connectivity index (χ0v) is 42.1. The Labute approximate surface area is 417 Å². The molecule has 0 saturated heterocycles. The second-order valence-corrected chi connectivity index (χ2v) is 18.9. The third-order valence-electron chi connectivity index (χ3n) is 11.0. The summed E-state index contributed by atoms with van der Waals surface area (Å²) < 4.78 is 0. The molecule has 15 N–H and O–H groups in total. The molecule has 1 heterocycles. The minimum atomic E-state index is -1.91. The van der Waals surface area contributed by atoms with Crippen LogP contribution in [0.3, 0.4) is 0 Å². The Morgan fingerprint density at radius 1 is 0.542 bits per heavy atom. The van der Waals surface area contributed by atoms with Gasteiger partial charge in [-0.2, -0.15) is 0 Å². The smallest absolute Gasteiger partial charge is 0.326 e. The predicted octanol–water partition coefficient (Wildman–Crippen LogP) is -2.51. The Hall–Kier alpha value is -6.99. The van der Waals surface area contributed by atoms with E-state index in [2.05, 4.69) is 52.5 Å². The average molecular weight is 1020 g/mol. The van der Waals surface area contributed by atoms with Gasteiger partial charge in [0.15, 0.2) is 0 Å². The molecule has 0 aliphatic carbocycles. The van der Waals surface area contributed by atoms with E-state index in [0.29, 0.717) is 17.7 Å². The van der Waals surface area contributed by atoms with Crippen LogP contribution in [0, 0.1) is 17.8 Å². The van der Waals surface area contributed by atoms with Crippen LogP contribution in [0.15, 0.2) is 42.9 Å². The summed E-state index contributed by atoms with van der Waals surface area (Å²) in [5.41, 5.74) is 6.95. The van der Waals surface area contributed by atoms with Gasteiger partial charge in [-0.25, -0.2) is 9.78 Å². The molecule has 11 atom stereocenters. The number of carbonyl (C=O) groups excluding carboxylic acids is 8. The van der Waals surface area contributed by atoms with E-state index in [9.17, 15) is 68.4 Å². The second-order valence-electron chi connectivity index (χ2n) is 18.9. The number of aromatic amines is 1. The molecule has 1 aromatic heterocycles. The number of benzene rings is 1. The molecule has 72 heavy (non-hydrogen) atoms. The number of hydrogen-bond donors (Lipinski definition) is 14. The van der Waals surface area contributed by atoms with Crippen LogP contribution < -0.4 is 48.3 Å². The average Bonchev–Trinajstić information content (AvgIpc) is 3.80. The number of aliphatic hydroxyl groups excluding tert-OH is 2. The maximum Gasteiger partial charge on any atom is 0.326 e. The number of imidazole rings is 1. The van der Waals surface area contributed by atoms with Gasteiger partial charge in [-0.1, -0.05) is 71.9 Å². The van der Waals surface area contributed by atoms with Gasteiger partial charge in [0.05, 0.1) is 31.0 Å². The normalized spacial score (nSPS) is 15.9. The molecular formula is C47H73N11O14. The fourth-order valence-corrected chi connectivity index (χ4v) is 7.15. The Morgan fingerprint density at radius 2 is 1.00 bits per heavy atom. The third-order valence-corrected chi connectivity index (χ3v) is 11.0. The quantitative estimate of drug-likeness (QED) is 0.0384. The number of aliphatic carboxylic acids is 2. The Morgan fingerprint density at radius 3 is 1.46 bits per heavy atom. The molecule has 0 radical (unpaired) electrons. The summed E-state index contributed by atoms with van der Waals surface area (Å²) in [5.74, 6) is -11.3. The lowest BCUT2D eigenvalue weighted by Gasteiger charge is -2.29. The molecule has 8 amide bonds. The van der Waals surface area contributed by atoms with Gasteiger partial charge in [-0.15, -0.1) is 0 Å². The first-order valence-corrected chi connectivity index (χ1v) is 23.6. The molecular weight excluding hydrogens is 943 g/mol. The van der Waals surface area contributed by atoms with E-state index in [1.54, 1.807) is 30.3 Å². The van der Waals surface area contributed by atoms with E-state index in [0.717, 1.165) is 6.92 Å². The molecule has 0 saturated carbocycles. The van der Waals surface area contributed by atoms with Gasteiger partial charge >= 0.3 is 11.9 Å². The van der Waals surface area contributed by atoms with E-state index >= 15 is 0 Å². The number of nitrogens with two attached hydrogens (primary N) is 1. The molecule has 0 unspecified atom stereocenters. The number of carboxylic acids is 2. The maximum absolute atomic E-state index is 14.1. The van der Waals surface area contributed by atoms with E-state index in [4.69, 9.17) is 5.73 Å². The summed E-state index contributed by atoms with van der Waals surface area (Å²) in [7, 11) is 0. The highest BCUT2D eigenvalue weighted by molar-refractivity contribution is 5.99. The number of nitrogens with one attached hydrogen (secondary N) is 9. The van der Waals surface area contributed by atoms with Crippen molar-refractivity contribution in [3.8, 4) is 0 Å². The van der Waals surface area contributed by atoms with Crippen LogP contribution in [0.5, 0.6) is 0 Å². The van der Waals surface area contributed by atoms with Crippen LogP contribution in [0.4, 0.5) is 0 Å². The number of aromatic nitrogens is 2. The molecule has 1 aromatic carbocycles. The molecule has 2 rings (SSSR count). The molecule has 2 aromatic rings. The summed E-state index contributed by atoms with van der Waals surface area (Å²) in [6, 6.07) is -5.25. The van der Waals surface area contributed by atoms with Crippen LogP contribution in [0.1, 0.15) is 92.8 Å². The molecule has 25 heteroatoms. The summed E-state index contributed by atoms with van der Waals surface area (Å²) in [6.07, 6.45) is -1.61. The molecule has 0 fully saturated rings. The van der Waals surface area contributed by atoms with Crippen LogP contribution in [-0.4, -0.2) is 156 Å². The number of rotatable bonds is 30. The van der Waals surface area contributed by atoms with Gasteiger partial charge < -0.3 is 73.7 Å². The summed E-state index contributed by atoms with van der Waals surface area (Å²) in [4.78, 5) is 139. The molecule has 0 aliphatic heterocycles.